The van der Waals surface area contributed by atoms with Crippen LogP contribution >= 0.6 is 0 Å². The monoisotopic (exact) mass is 337 g/mol. The van der Waals surface area contributed by atoms with Gasteiger partial charge in [-0.2, -0.15) is 0 Å². The summed E-state index contributed by atoms with van der Waals surface area (Å²) in [7, 11) is 0. The number of urea groups is 1. The second-order valence-corrected chi connectivity index (χ2v) is 6.10. The van der Waals surface area contributed by atoms with E-state index in [-0.39, 0.29) is 23.9 Å². The normalized spacial score (nSPS) is 13.1. The summed E-state index contributed by atoms with van der Waals surface area (Å²) in [4.78, 5) is 23.4. The molecule has 4 N–H and O–H groups in total. The molecule has 2 atom stereocenters. The predicted octanol–water partition coefficient (Wildman–Crippen LogP) is 3.40. The summed E-state index contributed by atoms with van der Waals surface area (Å²) in [5.74, 6) is -0.711. The molecule has 0 aromatic heterocycles. The van der Waals surface area contributed by atoms with Gasteiger partial charge in [-0.05, 0) is 19.4 Å². The lowest BCUT2D eigenvalue weighted by Gasteiger charge is -2.20. The molecule has 6 heteroatoms. The molecule has 0 radical (unpaired) electrons. The number of rotatable bonds is 10. The van der Waals surface area contributed by atoms with E-state index in [4.69, 9.17) is 5.73 Å². The first-order valence-electron chi connectivity index (χ1n) is 8.53. The molecule has 0 aliphatic rings. The molecule has 0 aliphatic heterocycles. The molecule has 0 unspecified atom stereocenters. The van der Waals surface area contributed by atoms with Crippen molar-refractivity contribution in [3.05, 3.63) is 35.6 Å². The van der Waals surface area contributed by atoms with Gasteiger partial charge in [0.2, 0.25) is 5.91 Å². The second-order valence-electron chi connectivity index (χ2n) is 6.10. The Morgan fingerprint density at radius 1 is 1.17 bits per heavy atom. The third-order valence-corrected chi connectivity index (χ3v) is 3.88. The molecule has 1 rings (SSSR count). The Bertz CT molecular complexity index is 537. The topological polar surface area (TPSA) is 84.2 Å². The number of nitrogens with two attached hydrogens (primary N) is 1. The summed E-state index contributed by atoms with van der Waals surface area (Å²) in [6.45, 7) is 4.10. The van der Waals surface area contributed by atoms with Gasteiger partial charge in [0.25, 0.3) is 0 Å². The fourth-order valence-electron chi connectivity index (χ4n) is 2.64. The highest BCUT2D eigenvalue weighted by molar-refractivity contribution is 5.79. The SMILES string of the molecule is CCCCCC[C@@H](C)NC(=O)C[C@@H](NC(N)=O)c1ccccc1F. The lowest BCUT2D eigenvalue weighted by atomic mass is 10.0. The van der Waals surface area contributed by atoms with Gasteiger partial charge in [0.15, 0.2) is 0 Å². The van der Waals surface area contributed by atoms with Crippen LogP contribution in [-0.2, 0) is 4.79 Å². The van der Waals surface area contributed by atoms with Crippen LogP contribution in [0.5, 0.6) is 0 Å². The highest BCUT2D eigenvalue weighted by Gasteiger charge is 2.21. The standard InChI is InChI=1S/C18H28FN3O2/c1-3-4-5-6-9-13(2)21-17(23)12-16(22-18(20)24)14-10-7-8-11-15(14)19/h7-8,10-11,13,16H,3-6,9,12H2,1-2H3,(H,21,23)(H3,20,22,24)/t13-,16-/m1/s1. The van der Waals surface area contributed by atoms with Gasteiger partial charge in [0.1, 0.15) is 5.82 Å². The summed E-state index contributed by atoms with van der Waals surface area (Å²) in [6, 6.07) is 4.52. The van der Waals surface area contributed by atoms with Gasteiger partial charge in [0.05, 0.1) is 12.5 Å². The van der Waals surface area contributed by atoms with E-state index >= 15 is 0 Å². The first-order valence-corrected chi connectivity index (χ1v) is 8.53. The molecule has 24 heavy (non-hydrogen) atoms. The van der Waals surface area contributed by atoms with E-state index in [1.807, 2.05) is 6.92 Å². The van der Waals surface area contributed by atoms with Gasteiger partial charge < -0.3 is 16.4 Å². The van der Waals surface area contributed by atoms with Gasteiger partial charge in [-0.25, -0.2) is 9.18 Å². The van der Waals surface area contributed by atoms with E-state index in [9.17, 15) is 14.0 Å². The Morgan fingerprint density at radius 3 is 2.50 bits per heavy atom. The third-order valence-electron chi connectivity index (χ3n) is 3.88. The van der Waals surface area contributed by atoms with E-state index in [1.54, 1.807) is 12.1 Å². The Kier molecular flexibility index (Phi) is 8.83. The maximum atomic E-state index is 13.9. The van der Waals surface area contributed by atoms with Crippen molar-refractivity contribution in [2.24, 2.45) is 5.73 Å². The van der Waals surface area contributed by atoms with Gasteiger partial charge in [-0.15, -0.1) is 0 Å². The van der Waals surface area contributed by atoms with Crippen LogP contribution in [0.3, 0.4) is 0 Å². The summed E-state index contributed by atoms with van der Waals surface area (Å²) in [5, 5.41) is 5.34. The quantitative estimate of drug-likeness (QED) is 0.572. The van der Waals surface area contributed by atoms with E-state index in [1.165, 1.54) is 25.0 Å². The molecule has 1 aromatic rings. The molecule has 0 heterocycles. The first-order chi connectivity index (χ1) is 11.4. The Hall–Kier alpha value is -2.11. The molecule has 0 spiro atoms. The summed E-state index contributed by atoms with van der Waals surface area (Å²) in [5.41, 5.74) is 5.40. The van der Waals surface area contributed by atoms with Crippen LogP contribution in [0, 0.1) is 5.82 Å². The van der Waals surface area contributed by atoms with Gasteiger partial charge >= 0.3 is 6.03 Å². The molecule has 0 aliphatic carbocycles. The number of carbonyl (C=O) groups is 2. The number of hydrogen-bond donors (Lipinski definition) is 3. The summed E-state index contributed by atoms with van der Waals surface area (Å²) >= 11 is 0. The number of nitrogens with one attached hydrogen (secondary N) is 2. The largest absolute Gasteiger partial charge is 0.354 e. The van der Waals surface area contributed by atoms with Crippen molar-refractivity contribution in [3.8, 4) is 0 Å². The fourth-order valence-corrected chi connectivity index (χ4v) is 2.64. The molecule has 0 bridgehead atoms. The third kappa shape index (κ3) is 7.44. The van der Waals surface area contributed by atoms with E-state index in [2.05, 4.69) is 17.6 Å². The van der Waals surface area contributed by atoms with Crippen LogP contribution in [0.25, 0.3) is 0 Å². The van der Waals surface area contributed by atoms with Crippen molar-refractivity contribution in [2.75, 3.05) is 0 Å². The molecule has 0 fully saturated rings. The minimum atomic E-state index is -0.788. The summed E-state index contributed by atoms with van der Waals surface area (Å²) in [6.07, 6.45) is 5.42. The van der Waals surface area contributed by atoms with Crippen LogP contribution in [-0.4, -0.2) is 18.0 Å². The van der Waals surface area contributed by atoms with Crippen molar-refractivity contribution >= 4 is 11.9 Å². The van der Waals surface area contributed by atoms with Crippen LogP contribution < -0.4 is 16.4 Å². The molecule has 0 saturated carbocycles. The van der Waals surface area contributed by atoms with Crippen LogP contribution in [0.1, 0.15) is 64.0 Å². The summed E-state index contributed by atoms with van der Waals surface area (Å²) < 4.78 is 13.9. The van der Waals surface area contributed by atoms with Crippen molar-refractivity contribution in [1.82, 2.24) is 10.6 Å². The maximum Gasteiger partial charge on any atom is 0.312 e. The molecule has 1 aromatic carbocycles. The predicted molar refractivity (Wildman–Crippen MR) is 92.8 cm³/mol. The number of carbonyl (C=O) groups excluding carboxylic acids is 2. The molecule has 5 nitrogen and oxygen atoms in total. The number of unbranched alkanes of at least 4 members (excludes halogenated alkanes) is 3. The average Bonchev–Trinajstić information content (AvgIpc) is 2.51. The van der Waals surface area contributed by atoms with E-state index < -0.39 is 17.9 Å². The Morgan fingerprint density at radius 2 is 1.88 bits per heavy atom. The maximum absolute atomic E-state index is 13.9. The zero-order valence-corrected chi connectivity index (χ0v) is 14.5. The lowest BCUT2D eigenvalue weighted by Crippen LogP contribution is -2.39. The van der Waals surface area contributed by atoms with Crippen molar-refractivity contribution in [2.45, 2.75) is 64.5 Å². The smallest absolute Gasteiger partial charge is 0.312 e. The van der Waals surface area contributed by atoms with Crippen molar-refractivity contribution in [1.29, 1.82) is 0 Å². The second kappa shape index (κ2) is 10.6. The molecule has 0 saturated heterocycles. The highest BCUT2D eigenvalue weighted by Crippen LogP contribution is 2.20. The highest BCUT2D eigenvalue weighted by atomic mass is 19.1. The number of primary amides is 1. The van der Waals surface area contributed by atoms with Crippen LogP contribution in [0.4, 0.5) is 9.18 Å². The zero-order chi connectivity index (χ0) is 17.9. The van der Waals surface area contributed by atoms with Crippen molar-refractivity contribution in [3.63, 3.8) is 0 Å². The van der Waals surface area contributed by atoms with Gasteiger partial charge in [0, 0.05) is 11.6 Å². The van der Waals surface area contributed by atoms with E-state index in [0.29, 0.717) is 0 Å². The van der Waals surface area contributed by atoms with Crippen LogP contribution in [0.2, 0.25) is 0 Å². The molecular weight excluding hydrogens is 309 g/mol. The Balaban J connectivity index is 2.58. The number of halogens is 1. The lowest BCUT2D eigenvalue weighted by molar-refractivity contribution is -0.122. The average molecular weight is 337 g/mol. The van der Waals surface area contributed by atoms with Gasteiger partial charge in [-0.1, -0.05) is 50.8 Å². The first kappa shape index (κ1) is 19.9. The fraction of sp³-hybridized carbons (Fsp3) is 0.556. The van der Waals surface area contributed by atoms with Gasteiger partial charge in [-0.3, -0.25) is 4.79 Å². The number of amides is 3. The minimum Gasteiger partial charge on any atom is -0.354 e. The number of hydrogen-bond acceptors (Lipinski definition) is 2. The molecule has 3 amide bonds. The Labute approximate surface area is 143 Å². The zero-order valence-electron chi connectivity index (χ0n) is 14.5. The number of benzene rings is 1. The molecular formula is C18H28FN3O2. The van der Waals surface area contributed by atoms with Crippen molar-refractivity contribution < 1.29 is 14.0 Å². The molecule has 134 valence electrons. The minimum absolute atomic E-state index is 0.0456. The van der Waals surface area contributed by atoms with E-state index in [0.717, 1.165) is 19.3 Å². The van der Waals surface area contributed by atoms with Crippen LogP contribution in [0.15, 0.2) is 24.3 Å².